The molecule has 1 aliphatic carbocycles. The number of aliphatic carboxylic acids is 1. The van der Waals surface area contributed by atoms with Crippen molar-refractivity contribution in [2.24, 2.45) is 17.8 Å². The molecule has 2 aliphatic rings. The molecule has 0 aromatic heterocycles. The van der Waals surface area contributed by atoms with Gasteiger partial charge < -0.3 is 10.0 Å². The zero-order valence-electron chi connectivity index (χ0n) is 10.4. The van der Waals surface area contributed by atoms with Crippen molar-refractivity contribution in [3.63, 3.8) is 0 Å². The summed E-state index contributed by atoms with van der Waals surface area (Å²) < 4.78 is 0. The maximum atomic E-state index is 12.0. The van der Waals surface area contributed by atoms with Crippen molar-refractivity contribution < 1.29 is 14.7 Å². The zero-order valence-corrected chi connectivity index (χ0v) is 10.4. The molecule has 1 saturated carbocycles. The summed E-state index contributed by atoms with van der Waals surface area (Å²) >= 11 is 0. The summed E-state index contributed by atoms with van der Waals surface area (Å²) in [7, 11) is 0. The predicted octanol–water partition coefficient (Wildman–Crippen LogP) is 1.75. The van der Waals surface area contributed by atoms with Gasteiger partial charge in [-0.15, -0.1) is 0 Å². The van der Waals surface area contributed by atoms with E-state index in [0.717, 1.165) is 13.1 Å². The number of nitrogens with zero attached hydrogens (tertiary/aromatic N) is 1. The molecule has 1 amide bonds. The van der Waals surface area contributed by atoms with Crippen molar-refractivity contribution >= 4 is 11.9 Å². The molecule has 96 valence electrons. The lowest BCUT2D eigenvalue weighted by atomic mass is 9.82. The van der Waals surface area contributed by atoms with E-state index >= 15 is 0 Å². The largest absolute Gasteiger partial charge is 0.481 e. The number of amides is 1. The van der Waals surface area contributed by atoms with Crippen molar-refractivity contribution in [3.8, 4) is 0 Å². The van der Waals surface area contributed by atoms with E-state index in [-0.39, 0.29) is 12.3 Å². The summed E-state index contributed by atoms with van der Waals surface area (Å²) in [5.74, 6) is -0.0740. The average molecular weight is 239 g/mol. The first-order valence-corrected chi connectivity index (χ1v) is 6.58. The van der Waals surface area contributed by atoms with E-state index in [0.29, 0.717) is 11.8 Å². The van der Waals surface area contributed by atoms with Gasteiger partial charge in [-0.1, -0.05) is 19.8 Å². The van der Waals surface area contributed by atoms with E-state index < -0.39 is 11.9 Å². The summed E-state index contributed by atoms with van der Waals surface area (Å²) in [5, 5.41) is 8.81. The highest BCUT2D eigenvalue weighted by Crippen LogP contribution is 2.36. The topological polar surface area (TPSA) is 57.6 Å². The van der Waals surface area contributed by atoms with Crippen molar-refractivity contribution in [1.29, 1.82) is 0 Å². The second-order valence-corrected chi connectivity index (χ2v) is 5.55. The van der Waals surface area contributed by atoms with Crippen molar-refractivity contribution in [2.45, 2.75) is 39.0 Å². The number of likely N-dealkylation sites (tertiary alicyclic amines) is 1. The molecule has 0 bridgehead atoms. The first kappa shape index (κ1) is 12.4. The molecule has 3 atom stereocenters. The molecular weight excluding hydrogens is 218 g/mol. The fourth-order valence-corrected chi connectivity index (χ4v) is 3.09. The third-order valence-electron chi connectivity index (χ3n) is 4.23. The van der Waals surface area contributed by atoms with Gasteiger partial charge in [-0.3, -0.25) is 9.59 Å². The maximum Gasteiger partial charge on any atom is 0.306 e. The number of fused-ring (bicyclic) bond motifs is 1. The minimum atomic E-state index is -0.880. The average Bonchev–Trinajstić information content (AvgIpc) is 2.72. The molecule has 0 aromatic carbocycles. The molecular formula is C13H21NO3. The van der Waals surface area contributed by atoms with Crippen LogP contribution >= 0.6 is 0 Å². The van der Waals surface area contributed by atoms with Crippen LogP contribution in [0, 0.1) is 17.8 Å². The summed E-state index contributed by atoms with van der Waals surface area (Å²) in [6, 6.07) is 0. The molecule has 0 radical (unpaired) electrons. The van der Waals surface area contributed by atoms with Crippen LogP contribution in [0.1, 0.15) is 39.0 Å². The normalized spacial score (nSPS) is 29.8. The van der Waals surface area contributed by atoms with Gasteiger partial charge in [0.25, 0.3) is 0 Å². The first-order valence-electron chi connectivity index (χ1n) is 6.58. The lowest BCUT2D eigenvalue weighted by Crippen LogP contribution is -2.31. The molecule has 4 heteroatoms. The van der Waals surface area contributed by atoms with Crippen LogP contribution in [0.4, 0.5) is 0 Å². The van der Waals surface area contributed by atoms with Crippen molar-refractivity contribution in [1.82, 2.24) is 4.90 Å². The highest BCUT2D eigenvalue weighted by Gasteiger charge is 2.36. The van der Waals surface area contributed by atoms with Gasteiger partial charge in [0.15, 0.2) is 0 Å². The van der Waals surface area contributed by atoms with Gasteiger partial charge in [0.05, 0.1) is 5.92 Å². The van der Waals surface area contributed by atoms with Crippen LogP contribution < -0.4 is 0 Å². The Kier molecular flexibility index (Phi) is 3.69. The monoisotopic (exact) mass is 239 g/mol. The standard InChI is InChI=1S/C13H21NO3/c1-9(13(16)17)6-12(15)14-7-10-4-2-3-5-11(10)8-14/h9-11H,2-8H2,1H3,(H,16,17)/t9?,10-,11+. The Morgan fingerprint density at radius 1 is 1.24 bits per heavy atom. The number of hydrogen-bond acceptors (Lipinski definition) is 2. The van der Waals surface area contributed by atoms with Gasteiger partial charge in [-0.05, 0) is 24.7 Å². The number of carboxylic acids is 1. The SMILES string of the molecule is CC(CC(=O)N1C[C@H]2CCCC[C@H]2C1)C(=O)O. The summed E-state index contributed by atoms with van der Waals surface area (Å²) in [4.78, 5) is 24.6. The molecule has 2 rings (SSSR count). The molecule has 1 N–H and O–H groups in total. The maximum absolute atomic E-state index is 12.0. The molecule has 1 heterocycles. The molecule has 17 heavy (non-hydrogen) atoms. The minimum Gasteiger partial charge on any atom is -0.481 e. The molecule has 0 spiro atoms. The van der Waals surface area contributed by atoms with E-state index in [1.54, 1.807) is 6.92 Å². The van der Waals surface area contributed by atoms with E-state index in [9.17, 15) is 9.59 Å². The Morgan fingerprint density at radius 3 is 2.24 bits per heavy atom. The number of carbonyl (C=O) groups is 2. The third kappa shape index (κ3) is 2.79. The van der Waals surface area contributed by atoms with Crippen LogP contribution in [0.15, 0.2) is 0 Å². The van der Waals surface area contributed by atoms with Crippen LogP contribution in [-0.4, -0.2) is 35.0 Å². The molecule has 0 aromatic rings. The Labute approximate surface area is 102 Å². The molecule has 1 saturated heterocycles. The van der Waals surface area contributed by atoms with Crippen molar-refractivity contribution in [3.05, 3.63) is 0 Å². The molecule has 2 fully saturated rings. The molecule has 1 unspecified atom stereocenters. The number of carbonyl (C=O) groups excluding carboxylic acids is 1. The summed E-state index contributed by atoms with van der Waals surface area (Å²) in [5.41, 5.74) is 0. The smallest absolute Gasteiger partial charge is 0.306 e. The Morgan fingerprint density at radius 2 is 1.76 bits per heavy atom. The number of carboxylic acid groups (broad SMARTS) is 1. The van der Waals surface area contributed by atoms with Crippen LogP contribution in [0.2, 0.25) is 0 Å². The second kappa shape index (κ2) is 5.07. The van der Waals surface area contributed by atoms with Gasteiger partial charge >= 0.3 is 5.97 Å². The van der Waals surface area contributed by atoms with Gasteiger partial charge in [0.1, 0.15) is 0 Å². The fourth-order valence-electron chi connectivity index (χ4n) is 3.09. The molecule has 1 aliphatic heterocycles. The second-order valence-electron chi connectivity index (χ2n) is 5.55. The van der Waals surface area contributed by atoms with E-state index in [1.807, 2.05) is 4.90 Å². The van der Waals surface area contributed by atoms with Crippen LogP contribution in [0.3, 0.4) is 0 Å². The summed E-state index contributed by atoms with van der Waals surface area (Å²) in [6.45, 7) is 3.31. The quantitative estimate of drug-likeness (QED) is 0.816. The Bertz CT molecular complexity index is 302. The highest BCUT2D eigenvalue weighted by atomic mass is 16.4. The minimum absolute atomic E-state index is 0.0225. The Balaban J connectivity index is 1.87. The lowest BCUT2D eigenvalue weighted by Gasteiger charge is -2.22. The third-order valence-corrected chi connectivity index (χ3v) is 4.23. The van der Waals surface area contributed by atoms with Gasteiger partial charge in [-0.25, -0.2) is 0 Å². The van der Waals surface area contributed by atoms with Crippen LogP contribution in [0.5, 0.6) is 0 Å². The van der Waals surface area contributed by atoms with Crippen molar-refractivity contribution in [2.75, 3.05) is 13.1 Å². The van der Waals surface area contributed by atoms with Crippen LogP contribution in [0.25, 0.3) is 0 Å². The lowest BCUT2D eigenvalue weighted by molar-refractivity contribution is -0.145. The Hall–Kier alpha value is -1.06. The zero-order chi connectivity index (χ0) is 12.4. The van der Waals surface area contributed by atoms with Crippen LogP contribution in [-0.2, 0) is 9.59 Å². The molecule has 4 nitrogen and oxygen atoms in total. The van der Waals surface area contributed by atoms with E-state index in [2.05, 4.69) is 0 Å². The van der Waals surface area contributed by atoms with Gasteiger partial charge in [0.2, 0.25) is 5.91 Å². The first-order chi connectivity index (χ1) is 8.08. The predicted molar refractivity (Wildman–Crippen MR) is 63.4 cm³/mol. The number of rotatable bonds is 3. The summed E-state index contributed by atoms with van der Waals surface area (Å²) in [6.07, 6.45) is 5.20. The van der Waals surface area contributed by atoms with E-state index in [4.69, 9.17) is 5.11 Å². The fraction of sp³-hybridized carbons (Fsp3) is 0.846. The van der Waals surface area contributed by atoms with Gasteiger partial charge in [-0.2, -0.15) is 0 Å². The van der Waals surface area contributed by atoms with Gasteiger partial charge in [0, 0.05) is 19.5 Å². The van der Waals surface area contributed by atoms with E-state index in [1.165, 1.54) is 25.7 Å². The highest BCUT2D eigenvalue weighted by molar-refractivity contribution is 5.82. The number of hydrogen-bond donors (Lipinski definition) is 1.